The lowest BCUT2D eigenvalue weighted by atomic mass is 10.0. The number of nitrogens with one attached hydrogen (secondary N) is 1. The van der Waals surface area contributed by atoms with Gasteiger partial charge in [0.2, 0.25) is 5.91 Å². The lowest BCUT2D eigenvalue weighted by Gasteiger charge is -2.36. The molecule has 1 aromatic carbocycles. The summed E-state index contributed by atoms with van der Waals surface area (Å²) in [6.07, 6.45) is 7.15. The van der Waals surface area contributed by atoms with Gasteiger partial charge < -0.3 is 15.1 Å². The topological polar surface area (TPSA) is 35.6 Å². The summed E-state index contributed by atoms with van der Waals surface area (Å²) in [6.45, 7) is 9.90. The van der Waals surface area contributed by atoms with Gasteiger partial charge >= 0.3 is 0 Å². The molecule has 0 bridgehead atoms. The SMILES string of the molecule is CCN1CCN(c2ccc(NC(=O)C[C@@H]3C=CCC3)cc2C)CC1. The fourth-order valence-electron chi connectivity index (χ4n) is 3.71. The summed E-state index contributed by atoms with van der Waals surface area (Å²) in [5.41, 5.74) is 3.44. The molecule has 4 heteroatoms. The van der Waals surface area contributed by atoms with Crippen molar-refractivity contribution >= 4 is 17.3 Å². The second-order valence-electron chi connectivity index (χ2n) is 6.94. The van der Waals surface area contributed by atoms with E-state index in [2.05, 4.69) is 53.2 Å². The Kier molecular flexibility index (Phi) is 5.56. The van der Waals surface area contributed by atoms with Crippen molar-refractivity contribution in [1.29, 1.82) is 0 Å². The molecule has 0 spiro atoms. The molecule has 4 nitrogen and oxygen atoms in total. The highest BCUT2D eigenvalue weighted by Crippen LogP contribution is 2.26. The summed E-state index contributed by atoms with van der Waals surface area (Å²) in [4.78, 5) is 17.1. The third kappa shape index (κ3) is 4.18. The molecule has 24 heavy (non-hydrogen) atoms. The minimum Gasteiger partial charge on any atom is -0.369 e. The lowest BCUT2D eigenvalue weighted by molar-refractivity contribution is -0.116. The second kappa shape index (κ2) is 7.84. The molecule has 0 saturated carbocycles. The predicted molar refractivity (Wildman–Crippen MR) is 101 cm³/mol. The number of likely N-dealkylation sites (N-methyl/N-ethyl adjacent to an activating group) is 1. The van der Waals surface area contributed by atoms with Crippen LogP contribution in [-0.2, 0) is 4.79 Å². The van der Waals surface area contributed by atoms with E-state index in [0.29, 0.717) is 12.3 Å². The Morgan fingerprint density at radius 1 is 1.25 bits per heavy atom. The summed E-state index contributed by atoms with van der Waals surface area (Å²) in [6, 6.07) is 6.29. The summed E-state index contributed by atoms with van der Waals surface area (Å²) in [5.74, 6) is 0.537. The molecule has 1 N–H and O–H groups in total. The van der Waals surface area contributed by atoms with Gasteiger partial charge in [0.15, 0.2) is 0 Å². The zero-order valence-electron chi connectivity index (χ0n) is 14.9. The number of anilines is 2. The highest BCUT2D eigenvalue weighted by Gasteiger charge is 2.18. The first-order valence-electron chi connectivity index (χ1n) is 9.20. The first kappa shape index (κ1) is 17.0. The first-order chi connectivity index (χ1) is 11.7. The number of piperazine rings is 1. The van der Waals surface area contributed by atoms with Crippen LogP contribution in [-0.4, -0.2) is 43.5 Å². The lowest BCUT2D eigenvalue weighted by Crippen LogP contribution is -2.46. The van der Waals surface area contributed by atoms with Crippen LogP contribution in [0.5, 0.6) is 0 Å². The van der Waals surface area contributed by atoms with Crippen LogP contribution >= 0.6 is 0 Å². The number of carbonyl (C=O) groups is 1. The van der Waals surface area contributed by atoms with Gasteiger partial charge in [-0.15, -0.1) is 0 Å². The maximum Gasteiger partial charge on any atom is 0.224 e. The van der Waals surface area contributed by atoms with Crippen LogP contribution in [0.4, 0.5) is 11.4 Å². The smallest absolute Gasteiger partial charge is 0.224 e. The number of allylic oxidation sites excluding steroid dienone is 2. The third-order valence-electron chi connectivity index (χ3n) is 5.20. The van der Waals surface area contributed by atoms with Crippen molar-refractivity contribution in [2.45, 2.75) is 33.1 Å². The van der Waals surface area contributed by atoms with E-state index in [1.807, 2.05) is 6.07 Å². The van der Waals surface area contributed by atoms with E-state index < -0.39 is 0 Å². The minimum atomic E-state index is 0.121. The van der Waals surface area contributed by atoms with E-state index >= 15 is 0 Å². The Morgan fingerprint density at radius 2 is 2.04 bits per heavy atom. The van der Waals surface area contributed by atoms with Crippen molar-refractivity contribution in [3.8, 4) is 0 Å². The number of carbonyl (C=O) groups excluding carboxylic acids is 1. The molecule has 3 rings (SSSR count). The highest BCUT2D eigenvalue weighted by atomic mass is 16.1. The van der Waals surface area contributed by atoms with Crippen LogP contribution in [0, 0.1) is 12.8 Å². The summed E-state index contributed by atoms with van der Waals surface area (Å²) in [5, 5.41) is 3.06. The van der Waals surface area contributed by atoms with E-state index in [1.165, 1.54) is 11.3 Å². The number of hydrogen-bond donors (Lipinski definition) is 1. The number of amides is 1. The van der Waals surface area contributed by atoms with Gasteiger partial charge in [-0.3, -0.25) is 4.79 Å². The molecule has 1 atom stereocenters. The Hall–Kier alpha value is -1.81. The van der Waals surface area contributed by atoms with E-state index in [1.54, 1.807) is 0 Å². The van der Waals surface area contributed by atoms with Gasteiger partial charge in [-0.2, -0.15) is 0 Å². The Labute approximate surface area is 145 Å². The molecule has 1 aromatic rings. The van der Waals surface area contributed by atoms with Crippen LogP contribution in [0.1, 0.15) is 31.7 Å². The summed E-state index contributed by atoms with van der Waals surface area (Å²) >= 11 is 0. The average molecular weight is 327 g/mol. The van der Waals surface area contributed by atoms with Gasteiger partial charge in [0, 0.05) is 44.0 Å². The molecule has 1 saturated heterocycles. The van der Waals surface area contributed by atoms with Crippen molar-refractivity contribution < 1.29 is 4.79 Å². The molecular weight excluding hydrogens is 298 g/mol. The van der Waals surface area contributed by atoms with Crippen molar-refractivity contribution in [3.63, 3.8) is 0 Å². The molecule has 1 aliphatic carbocycles. The van der Waals surface area contributed by atoms with Crippen molar-refractivity contribution in [3.05, 3.63) is 35.9 Å². The first-order valence-corrected chi connectivity index (χ1v) is 9.20. The number of nitrogens with zero attached hydrogens (tertiary/aromatic N) is 2. The molecule has 1 fully saturated rings. The average Bonchev–Trinajstić information content (AvgIpc) is 3.08. The van der Waals surface area contributed by atoms with Gasteiger partial charge in [-0.1, -0.05) is 19.1 Å². The molecule has 0 radical (unpaired) electrons. The van der Waals surface area contributed by atoms with E-state index in [0.717, 1.165) is 51.3 Å². The molecular formula is C20H29N3O. The minimum absolute atomic E-state index is 0.121. The Morgan fingerprint density at radius 3 is 2.67 bits per heavy atom. The van der Waals surface area contributed by atoms with Gasteiger partial charge in [0.05, 0.1) is 0 Å². The Balaban J connectivity index is 1.58. The second-order valence-corrected chi connectivity index (χ2v) is 6.94. The molecule has 1 aliphatic heterocycles. The summed E-state index contributed by atoms with van der Waals surface area (Å²) < 4.78 is 0. The molecule has 0 aromatic heterocycles. The maximum absolute atomic E-state index is 12.2. The predicted octanol–water partition coefficient (Wildman–Crippen LogP) is 3.43. The van der Waals surface area contributed by atoms with Crippen LogP contribution in [0.2, 0.25) is 0 Å². The Bertz CT molecular complexity index is 603. The number of benzene rings is 1. The molecule has 130 valence electrons. The monoisotopic (exact) mass is 327 g/mol. The summed E-state index contributed by atoms with van der Waals surface area (Å²) in [7, 11) is 0. The van der Waals surface area contributed by atoms with Crippen molar-refractivity contribution in [2.75, 3.05) is 42.9 Å². The maximum atomic E-state index is 12.2. The van der Waals surface area contributed by atoms with Crippen LogP contribution < -0.4 is 10.2 Å². The van der Waals surface area contributed by atoms with Crippen molar-refractivity contribution in [1.82, 2.24) is 4.90 Å². The third-order valence-corrected chi connectivity index (χ3v) is 5.20. The van der Waals surface area contributed by atoms with E-state index in [9.17, 15) is 4.79 Å². The van der Waals surface area contributed by atoms with E-state index in [-0.39, 0.29) is 5.91 Å². The van der Waals surface area contributed by atoms with Gasteiger partial charge in [0.1, 0.15) is 0 Å². The molecule has 2 aliphatic rings. The highest BCUT2D eigenvalue weighted by molar-refractivity contribution is 5.91. The van der Waals surface area contributed by atoms with Gasteiger partial charge in [0.25, 0.3) is 0 Å². The van der Waals surface area contributed by atoms with Crippen LogP contribution in [0.3, 0.4) is 0 Å². The molecule has 1 amide bonds. The van der Waals surface area contributed by atoms with E-state index in [4.69, 9.17) is 0 Å². The zero-order chi connectivity index (χ0) is 16.9. The quantitative estimate of drug-likeness (QED) is 0.842. The number of rotatable bonds is 5. The van der Waals surface area contributed by atoms with Gasteiger partial charge in [-0.05, 0) is 56.0 Å². The van der Waals surface area contributed by atoms with Crippen molar-refractivity contribution in [2.24, 2.45) is 5.92 Å². The van der Waals surface area contributed by atoms with Gasteiger partial charge in [-0.25, -0.2) is 0 Å². The number of aryl methyl sites for hydroxylation is 1. The number of hydrogen-bond acceptors (Lipinski definition) is 3. The largest absolute Gasteiger partial charge is 0.369 e. The zero-order valence-corrected chi connectivity index (χ0v) is 14.9. The standard InChI is InChI=1S/C20H29N3O/c1-3-22-10-12-23(13-11-22)19-9-8-18(14-16(19)2)21-20(24)15-17-6-4-5-7-17/h4,6,8-9,14,17H,3,5,7,10-13,15H2,1-2H3,(H,21,24)/t17-/m1/s1. The normalized spacial score (nSPS) is 21.2. The molecule has 1 heterocycles. The van der Waals surface area contributed by atoms with Crippen LogP contribution in [0.25, 0.3) is 0 Å². The fraction of sp³-hybridized carbons (Fsp3) is 0.550. The molecule has 0 unspecified atom stereocenters. The fourth-order valence-corrected chi connectivity index (χ4v) is 3.71. The van der Waals surface area contributed by atoms with Crippen LogP contribution in [0.15, 0.2) is 30.4 Å².